The van der Waals surface area contributed by atoms with E-state index < -0.39 is 0 Å². The van der Waals surface area contributed by atoms with Crippen LogP contribution in [-0.4, -0.2) is 37.1 Å². The van der Waals surface area contributed by atoms with Gasteiger partial charge in [-0.1, -0.05) is 18.2 Å². The Hall–Kier alpha value is -2.11. The summed E-state index contributed by atoms with van der Waals surface area (Å²) in [6, 6.07) is 11.4. The van der Waals surface area contributed by atoms with E-state index in [1.54, 1.807) is 0 Å². The van der Waals surface area contributed by atoms with Crippen molar-refractivity contribution in [3.8, 4) is 0 Å². The van der Waals surface area contributed by atoms with Gasteiger partial charge in [-0.3, -0.25) is 4.79 Å². The minimum atomic E-state index is -0.125. The predicted octanol–water partition coefficient (Wildman–Crippen LogP) is 2.47. The van der Waals surface area contributed by atoms with E-state index >= 15 is 0 Å². The average molecular weight is 333 g/mol. The second-order valence-corrected chi connectivity index (χ2v) is 5.41. The number of aryl methyl sites for hydroxylation is 1. The summed E-state index contributed by atoms with van der Waals surface area (Å²) in [6.07, 6.45) is 1.82. The van der Waals surface area contributed by atoms with Gasteiger partial charge in [-0.15, -0.1) is 12.4 Å². The molecule has 0 bridgehead atoms. The first kappa shape index (κ1) is 17.2. The number of nitrogens with one attached hydrogen (secondary N) is 2. The topological polar surface area (TPSA) is 57.3 Å². The van der Waals surface area contributed by atoms with Gasteiger partial charge in [0.05, 0.1) is 11.9 Å². The van der Waals surface area contributed by atoms with Crippen LogP contribution >= 0.6 is 12.4 Å². The molecule has 0 atom stereocenters. The molecule has 2 heterocycles. The second-order valence-electron chi connectivity index (χ2n) is 5.41. The van der Waals surface area contributed by atoms with Gasteiger partial charge in [0.25, 0.3) is 5.91 Å². The maximum atomic E-state index is 12.3. The molecule has 0 aliphatic carbocycles. The normalized spacial score (nSPS) is 14.0. The first-order chi connectivity index (χ1) is 10.7. The molecule has 2 N–H and O–H groups in total. The van der Waals surface area contributed by atoms with Crippen LogP contribution in [0.1, 0.15) is 15.9 Å². The molecule has 0 unspecified atom stereocenters. The molecule has 1 aromatic carbocycles. The number of pyridine rings is 1. The lowest BCUT2D eigenvalue weighted by molar-refractivity contribution is 0.102. The standard InChI is InChI=1S/C17H20N4O.ClH/c1-13-4-2-3-5-15(13)17(22)20-16-7-6-14(12-19-16)21-10-8-18-9-11-21;/h2-7,12,18H,8-11H2,1H3,(H,19,20,22);1H. The molecule has 0 spiro atoms. The number of amides is 1. The van der Waals surface area contributed by atoms with Gasteiger partial charge in [0, 0.05) is 31.7 Å². The summed E-state index contributed by atoms with van der Waals surface area (Å²) in [5, 5.41) is 6.17. The summed E-state index contributed by atoms with van der Waals surface area (Å²) in [4.78, 5) is 18.9. The fourth-order valence-electron chi connectivity index (χ4n) is 2.58. The summed E-state index contributed by atoms with van der Waals surface area (Å²) in [5.41, 5.74) is 2.73. The van der Waals surface area contributed by atoms with Gasteiger partial charge in [-0.25, -0.2) is 4.98 Å². The minimum Gasteiger partial charge on any atom is -0.368 e. The van der Waals surface area contributed by atoms with Crippen molar-refractivity contribution in [1.82, 2.24) is 10.3 Å². The van der Waals surface area contributed by atoms with E-state index in [0.717, 1.165) is 37.4 Å². The fourth-order valence-corrected chi connectivity index (χ4v) is 2.58. The number of benzene rings is 1. The highest BCUT2D eigenvalue weighted by molar-refractivity contribution is 6.04. The van der Waals surface area contributed by atoms with Crippen LogP contribution in [0.5, 0.6) is 0 Å². The lowest BCUT2D eigenvalue weighted by Crippen LogP contribution is -2.43. The van der Waals surface area contributed by atoms with Gasteiger partial charge in [0.15, 0.2) is 0 Å². The largest absolute Gasteiger partial charge is 0.368 e. The molecule has 1 saturated heterocycles. The van der Waals surface area contributed by atoms with Crippen molar-refractivity contribution in [2.75, 3.05) is 36.4 Å². The smallest absolute Gasteiger partial charge is 0.257 e. The van der Waals surface area contributed by atoms with Crippen molar-refractivity contribution in [1.29, 1.82) is 0 Å². The van der Waals surface area contributed by atoms with Crippen molar-refractivity contribution >= 4 is 29.8 Å². The number of carbonyl (C=O) groups is 1. The molecule has 1 aromatic heterocycles. The molecule has 122 valence electrons. The van der Waals surface area contributed by atoms with E-state index in [2.05, 4.69) is 20.5 Å². The monoisotopic (exact) mass is 332 g/mol. The second kappa shape index (κ2) is 7.94. The minimum absolute atomic E-state index is 0. The Morgan fingerprint density at radius 3 is 2.57 bits per heavy atom. The highest BCUT2D eigenvalue weighted by atomic mass is 35.5. The Kier molecular flexibility index (Phi) is 5.96. The number of carbonyl (C=O) groups excluding carboxylic acids is 1. The highest BCUT2D eigenvalue weighted by Gasteiger charge is 2.12. The number of piperazine rings is 1. The van der Waals surface area contributed by atoms with E-state index in [-0.39, 0.29) is 18.3 Å². The third kappa shape index (κ3) is 4.21. The molecular formula is C17H21ClN4O. The first-order valence-corrected chi connectivity index (χ1v) is 7.53. The molecule has 1 aliphatic rings. The molecule has 1 fully saturated rings. The van der Waals surface area contributed by atoms with E-state index in [0.29, 0.717) is 11.4 Å². The third-order valence-electron chi connectivity index (χ3n) is 3.86. The molecule has 0 radical (unpaired) electrons. The number of nitrogens with zero attached hydrogens (tertiary/aromatic N) is 2. The Morgan fingerprint density at radius 2 is 1.91 bits per heavy atom. The summed E-state index contributed by atoms with van der Waals surface area (Å²) in [5.74, 6) is 0.452. The number of aromatic nitrogens is 1. The maximum absolute atomic E-state index is 12.3. The van der Waals surface area contributed by atoms with Crippen molar-refractivity contribution in [3.63, 3.8) is 0 Å². The molecule has 1 amide bonds. The lowest BCUT2D eigenvalue weighted by atomic mass is 10.1. The Labute approximate surface area is 142 Å². The maximum Gasteiger partial charge on any atom is 0.257 e. The Bertz CT molecular complexity index is 654. The molecule has 2 aromatic rings. The molecule has 5 nitrogen and oxygen atoms in total. The molecule has 3 rings (SSSR count). The number of halogens is 1. The van der Waals surface area contributed by atoms with Crippen molar-refractivity contribution in [2.45, 2.75) is 6.92 Å². The first-order valence-electron chi connectivity index (χ1n) is 7.53. The molecular weight excluding hydrogens is 312 g/mol. The van der Waals surface area contributed by atoms with Gasteiger partial charge in [0.2, 0.25) is 0 Å². The van der Waals surface area contributed by atoms with Crippen LogP contribution < -0.4 is 15.5 Å². The van der Waals surface area contributed by atoms with Crippen LogP contribution in [0.15, 0.2) is 42.6 Å². The van der Waals surface area contributed by atoms with Gasteiger partial charge < -0.3 is 15.5 Å². The number of anilines is 2. The zero-order chi connectivity index (χ0) is 15.4. The third-order valence-corrected chi connectivity index (χ3v) is 3.86. The molecule has 0 saturated carbocycles. The van der Waals surface area contributed by atoms with Crippen molar-refractivity contribution < 1.29 is 4.79 Å². The van der Waals surface area contributed by atoms with Crippen LogP contribution in [-0.2, 0) is 0 Å². The highest BCUT2D eigenvalue weighted by Crippen LogP contribution is 2.16. The van der Waals surface area contributed by atoms with Crippen LogP contribution in [0.3, 0.4) is 0 Å². The summed E-state index contributed by atoms with van der Waals surface area (Å²) >= 11 is 0. The molecule has 1 aliphatic heterocycles. The van der Waals surface area contributed by atoms with Crippen LogP contribution in [0, 0.1) is 6.92 Å². The number of hydrogen-bond acceptors (Lipinski definition) is 4. The summed E-state index contributed by atoms with van der Waals surface area (Å²) in [7, 11) is 0. The van der Waals surface area contributed by atoms with E-state index in [9.17, 15) is 4.79 Å². The number of hydrogen-bond donors (Lipinski definition) is 2. The molecule has 6 heteroatoms. The van der Waals surface area contributed by atoms with Gasteiger partial charge >= 0.3 is 0 Å². The quantitative estimate of drug-likeness (QED) is 0.906. The fraction of sp³-hybridized carbons (Fsp3) is 0.294. The summed E-state index contributed by atoms with van der Waals surface area (Å²) < 4.78 is 0. The SMILES string of the molecule is Cc1ccccc1C(=O)Nc1ccc(N2CCNCC2)cn1.Cl. The molecule has 23 heavy (non-hydrogen) atoms. The van der Waals surface area contributed by atoms with Crippen molar-refractivity contribution in [2.24, 2.45) is 0 Å². The number of rotatable bonds is 3. The zero-order valence-corrected chi connectivity index (χ0v) is 13.9. The van der Waals surface area contributed by atoms with Gasteiger partial charge in [-0.05, 0) is 30.7 Å². The van der Waals surface area contributed by atoms with Gasteiger partial charge in [-0.2, -0.15) is 0 Å². The van der Waals surface area contributed by atoms with Crippen molar-refractivity contribution in [3.05, 3.63) is 53.7 Å². The van der Waals surface area contributed by atoms with Gasteiger partial charge in [0.1, 0.15) is 5.82 Å². The lowest BCUT2D eigenvalue weighted by Gasteiger charge is -2.29. The Balaban J connectivity index is 0.00000192. The summed E-state index contributed by atoms with van der Waals surface area (Å²) in [6.45, 7) is 5.88. The Morgan fingerprint density at radius 1 is 1.17 bits per heavy atom. The van der Waals surface area contributed by atoms with E-state index in [1.165, 1.54) is 0 Å². The zero-order valence-electron chi connectivity index (χ0n) is 13.1. The van der Waals surface area contributed by atoms with E-state index in [1.807, 2.05) is 49.5 Å². The predicted molar refractivity (Wildman–Crippen MR) is 95.7 cm³/mol. The average Bonchev–Trinajstić information content (AvgIpc) is 2.57. The van der Waals surface area contributed by atoms with E-state index in [4.69, 9.17) is 0 Å². The van der Waals surface area contributed by atoms with Crippen LogP contribution in [0.2, 0.25) is 0 Å². The van der Waals surface area contributed by atoms with Crippen LogP contribution in [0.4, 0.5) is 11.5 Å². The van der Waals surface area contributed by atoms with Crippen LogP contribution in [0.25, 0.3) is 0 Å².